The van der Waals surface area contributed by atoms with E-state index in [1.807, 2.05) is 54.1 Å². The fourth-order valence-corrected chi connectivity index (χ4v) is 2.67. The highest BCUT2D eigenvalue weighted by atomic mass is 32.1. The van der Waals surface area contributed by atoms with Crippen molar-refractivity contribution in [2.75, 3.05) is 5.32 Å². The van der Waals surface area contributed by atoms with Crippen LogP contribution in [0.25, 0.3) is 11.3 Å². The van der Waals surface area contributed by atoms with E-state index in [1.165, 1.54) is 0 Å². The monoisotopic (exact) mass is 294 g/mol. The van der Waals surface area contributed by atoms with E-state index in [4.69, 9.17) is 0 Å². The number of hydrogen-bond acceptors (Lipinski definition) is 3. The number of nitrogens with one attached hydrogen (secondary N) is 1. The van der Waals surface area contributed by atoms with Gasteiger partial charge in [-0.3, -0.25) is 9.78 Å². The Hall–Kier alpha value is -2.46. The van der Waals surface area contributed by atoms with Gasteiger partial charge in [0.2, 0.25) is 0 Å². The summed E-state index contributed by atoms with van der Waals surface area (Å²) in [5.74, 6) is -0.145. The summed E-state index contributed by atoms with van der Waals surface area (Å²) in [5.41, 5.74) is 4.37. The number of pyridine rings is 1. The van der Waals surface area contributed by atoms with Crippen LogP contribution >= 0.6 is 11.3 Å². The van der Waals surface area contributed by atoms with E-state index >= 15 is 0 Å². The zero-order valence-corrected chi connectivity index (χ0v) is 12.4. The molecule has 0 spiro atoms. The highest BCUT2D eigenvalue weighted by Gasteiger charge is 2.08. The van der Waals surface area contributed by atoms with E-state index in [1.54, 1.807) is 23.6 Å². The van der Waals surface area contributed by atoms with Crippen molar-refractivity contribution in [1.82, 2.24) is 4.98 Å². The predicted molar refractivity (Wildman–Crippen MR) is 86.7 cm³/mol. The lowest BCUT2D eigenvalue weighted by molar-refractivity contribution is 0.102. The zero-order chi connectivity index (χ0) is 14.7. The summed E-state index contributed by atoms with van der Waals surface area (Å²) >= 11 is 1.63. The molecule has 21 heavy (non-hydrogen) atoms. The minimum Gasteiger partial charge on any atom is -0.322 e. The van der Waals surface area contributed by atoms with Crippen LogP contribution < -0.4 is 5.32 Å². The summed E-state index contributed by atoms with van der Waals surface area (Å²) in [6.07, 6.45) is 1.61. The SMILES string of the molecule is Cc1ccccc1NC(=O)c1ccc(-c2ccsc2)nc1. The molecular weight excluding hydrogens is 280 g/mol. The Morgan fingerprint density at radius 3 is 2.67 bits per heavy atom. The Morgan fingerprint density at radius 1 is 1.14 bits per heavy atom. The number of aromatic nitrogens is 1. The summed E-state index contributed by atoms with van der Waals surface area (Å²) in [6, 6.07) is 13.4. The lowest BCUT2D eigenvalue weighted by atomic mass is 10.1. The van der Waals surface area contributed by atoms with Crippen molar-refractivity contribution in [3.63, 3.8) is 0 Å². The minimum atomic E-state index is -0.145. The van der Waals surface area contributed by atoms with Gasteiger partial charge in [0.25, 0.3) is 5.91 Å². The molecule has 0 aliphatic heterocycles. The van der Waals surface area contributed by atoms with Crippen LogP contribution in [0, 0.1) is 6.92 Å². The smallest absolute Gasteiger partial charge is 0.257 e. The molecule has 0 bridgehead atoms. The fraction of sp³-hybridized carbons (Fsp3) is 0.0588. The van der Waals surface area contributed by atoms with Crippen LogP contribution in [0.3, 0.4) is 0 Å². The van der Waals surface area contributed by atoms with Crippen LogP contribution in [0.15, 0.2) is 59.4 Å². The van der Waals surface area contributed by atoms with Crippen LogP contribution in [-0.4, -0.2) is 10.9 Å². The number of amides is 1. The van der Waals surface area contributed by atoms with Crippen LogP contribution in [0.5, 0.6) is 0 Å². The summed E-state index contributed by atoms with van der Waals surface area (Å²) in [6.45, 7) is 1.97. The zero-order valence-electron chi connectivity index (χ0n) is 11.5. The quantitative estimate of drug-likeness (QED) is 0.779. The Balaban J connectivity index is 1.78. The Morgan fingerprint density at radius 2 is 2.00 bits per heavy atom. The lowest BCUT2D eigenvalue weighted by Crippen LogP contribution is -2.12. The average molecular weight is 294 g/mol. The van der Waals surface area contributed by atoms with Gasteiger partial charge in [0.15, 0.2) is 0 Å². The number of nitrogens with zero attached hydrogens (tertiary/aromatic N) is 1. The minimum absolute atomic E-state index is 0.145. The van der Waals surface area contributed by atoms with Crippen molar-refractivity contribution >= 4 is 22.9 Å². The topological polar surface area (TPSA) is 42.0 Å². The fourth-order valence-electron chi connectivity index (χ4n) is 2.02. The van der Waals surface area contributed by atoms with Gasteiger partial charge in [0.05, 0.1) is 11.3 Å². The number of rotatable bonds is 3. The molecule has 0 aliphatic rings. The third-order valence-corrected chi connectivity index (χ3v) is 3.92. The Kier molecular flexibility index (Phi) is 3.79. The van der Waals surface area contributed by atoms with Gasteiger partial charge in [-0.05, 0) is 42.1 Å². The van der Waals surface area contributed by atoms with Gasteiger partial charge in [-0.2, -0.15) is 11.3 Å². The highest BCUT2D eigenvalue weighted by Crippen LogP contribution is 2.20. The third-order valence-electron chi connectivity index (χ3n) is 3.24. The first-order valence-electron chi connectivity index (χ1n) is 6.59. The molecule has 104 valence electrons. The summed E-state index contributed by atoms with van der Waals surface area (Å²) in [7, 11) is 0. The van der Waals surface area contributed by atoms with Crippen LogP contribution in [-0.2, 0) is 0 Å². The molecule has 0 fully saturated rings. The number of benzene rings is 1. The number of aryl methyl sites for hydroxylation is 1. The van der Waals surface area contributed by atoms with Crippen LogP contribution in [0.1, 0.15) is 15.9 Å². The van der Waals surface area contributed by atoms with E-state index in [2.05, 4.69) is 10.3 Å². The Bertz CT molecular complexity index is 749. The van der Waals surface area contributed by atoms with Crippen LogP contribution in [0.2, 0.25) is 0 Å². The number of thiophene rings is 1. The molecule has 0 saturated heterocycles. The number of para-hydroxylation sites is 1. The molecule has 0 atom stereocenters. The number of anilines is 1. The number of carbonyl (C=O) groups is 1. The van der Waals surface area contributed by atoms with Crippen molar-refractivity contribution < 1.29 is 4.79 Å². The normalized spacial score (nSPS) is 10.3. The standard InChI is InChI=1S/C17H14N2OS/c1-12-4-2-3-5-15(12)19-17(20)13-6-7-16(18-10-13)14-8-9-21-11-14/h2-11H,1H3,(H,19,20). The molecule has 0 aliphatic carbocycles. The third kappa shape index (κ3) is 3.01. The maximum absolute atomic E-state index is 12.2. The van der Waals surface area contributed by atoms with E-state index < -0.39 is 0 Å². The molecule has 1 aromatic carbocycles. The molecular formula is C17H14N2OS. The summed E-state index contributed by atoms with van der Waals surface area (Å²) in [5, 5.41) is 6.95. The van der Waals surface area contributed by atoms with E-state index in [0.29, 0.717) is 5.56 Å². The molecule has 3 nitrogen and oxygen atoms in total. The summed E-state index contributed by atoms with van der Waals surface area (Å²) in [4.78, 5) is 16.6. The molecule has 0 radical (unpaired) electrons. The van der Waals surface area contributed by atoms with Gasteiger partial charge in [-0.15, -0.1) is 0 Å². The maximum atomic E-state index is 12.2. The van der Waals surface area contributed by atoms with Gasteiger partial charge >= 0.3 is 0 Å². The molecule has 2 heterocycles. The lowest BCUT2D eigenvalue weighted by Gasteiger charge is -2.08. The Labute approximate surface area is 127 Å². The van der Waals surface area contributed by atoms with Gasteiger partial charge < -0.3 is 5.32 Å². The molecule has 2 aromatic heterocycles. The first-order chi connectivity index (χ1) is 10.2. The number of hydrogen-bond donors (Lipinski definition) is 1. The first kappa shape index (κ1) is 13.5. The first-order valence-corrected chi connectivity index (χ1v) is 7.54. The highest BCUT2D eigenvalue weighted by molar-refractivity contribution is 7.08. The predicted octanol–water partition coefficient (Wildman–Crippen LogP) is 4.37. The van der Waals surface area contributed by atoms with Crippen molar-refractivity contribution in [2.45, 2.75) is 6.92 Å². The average Bonchev–Trinajstić information content (AvgIpc) is 3.04. The van der Waals surface area contributed by atoms with Crippen molar-refractivity contribution in [3.05, 3.63) is 70.5 Å². The number of carbonyl (C=O) groups excluding carboxylic acids is 1. The second kappa shape index (κ2) is 5.89. The molecule has 3 rings (SSSR count). The van der Waals surface area contributed by atoms with Gasteiger partial charge in [-0.25, -0.2) is 0 Å². The summed E-state index contributed by atoms with van der Waals surface area (Å²) < 4.78 is 0. The molecule has 0 saturated carbocycles. The second-order valence-corrected chi connectivity index (χ2v) is 5.49. The maximum Gasteiger partial charge on any atom is 0.257 e. The van der Waals surface area contributed by atoms with Crippen LogP contribution in [0.4, 0.5) is 5.69 Å². The van der Waals surface area contributed by atoms with Crippen molar-refractivity contribution in [2.24, 2.45) is 0 Å². The van der Waals surface area contributed by atoms with Crippen molar-refractivity contribution in [3.8, 4) is 11.3 Å². The second-order valence-electron chi connectivity index (χ2n) is 4.71. The van der Waals surface area contributed by atoms with Crippen molar-refractivity contribution in [1.29, 1.82) is 0 Å². The molecule has 0 unspecified atom stereocenters. The van der Waals surface area contributed by atoms with Gasteiger partial charge in [-0.1, -0.05) is 18.2 Å². The largest absolute Gasteiger partial charge is 0.322 e. The van der Waals surface area contributed by atoms with Gasteiger partial charge in [0.1, 0.15) is 0 Å². The molecule has 1 N–H and O–H groups in total. The van der Waals surface area contributed by atoms with E-state index in [-0.39, 0.29) is 5.91 Å². The van der Waals surface area contributed by atoms with Gasteiger partial charge in [0, 0.05) is 22.8 Å². The molecule has 3 aromatic rings. The molecule has 4 heteroatoms. The van der Waals surface area contributed by atoms with E-state index in [9.17, 15) is 4.79 Å². The molecule has 1 amide bonds. The van der Waals surface area contributed by atoms with E-state index in [0.717, 1.165) is 22.5 Å².